The number of rotatable bonds is 4. The number of aryl methyl sites for hydroxylation is 2. The zero-order valence-electron chi connectivity index (χ0n) is 13.1. The summed E-state index contributed by atoms with van der Waals surface area (Å²) in [6.45, 7) is 7.09. The van der Waals surface area contributed by atoms with Gasteiger partial charge in [0.25, 0.3) is 5.91 Å². The van der Waals surface area contributed by atoms with Gasteiger partial charge in [-0.25, -0.2) is 0 Å². The van der Waals surface area contributed by atoms with Crippen LogP contribution in [0, 0.1) is 13.8 Å². The van der Waals surface area contributed by atoms with Crippen LogP contribution < -0.4 is 5.32 Å². The molecule has 2 aromatic rings. The second-order valence-corrected chi connectivity index (χ2v) is 7.04. The molecule has 1 aliphatic heterocycles. The van der Waals surface area contributed by atoms with Crippen LogP contribution in [0.15, 0.2) is 28.2 Å². The van der Waals surface area contributed by atoms with Crippen molar-refractivity contribution in [3.05, 3.63) is 45.5 Å². The summed E-state index contributed by atoms with van der Waals surface area (Å²) < 4.78 is 5.19. The van der Waals surface area contributed by atoms with E-state index in [1.54, 1.807) is 12.3 Å². The highest BCUT2D eigenvalue weighted by Gasteiger charge is 2.22. The maximum Gasteiger partial charge on any atom is 0.255 e. The van der Waals surface area contributed by atoms with Crippen LogP contribution in [0.3, 0.4) is 0 Å². The number of furan rings is 1. The minimum atomic E-state index is -0.0154. The number of nitrogens with one attached hydrogen (secondary N) is 1. The fourth-order valence-corrected chi connectivity index (χ4v) is 3.66. The first-order valence-corrected chi connectivity index (χ1v) is 8.61. The van der Waals surface area contributed by atoms with Gasteiger partial charge < -0.3 is 9.73 Å². The molecule has 1 aliphatic rings. The van der Waals surface area contributed by atoms with Crippen molar-refractivity contribution < 1.29 is 9.21 Å². The highest BCUT2D eigenvalue weighted by molar-refractivity contribution is 7.10. The van der Waals surface area contributed by atoms with Gasteiger partial charge in [-0.15, -0.1) is 11.3 Å². The van der Waals surface area contributed by atoms with Crippen LogP contribution in [0.1, 0.15) is 39.4 Å². The van der Waals surface area contributed by atoms with Crippen molar-refractivity contribution in [3.63, 3.8) is 0 Å². The Bertz CT molecular complexity index is 639. The van der Waals surface area contributed by atoms with Gasteiger partial charge in [-0.2, -0.15) is 0 Å². The summed E-state index contributed by atoms with van der Waals surface area (Å²) >= 11 is 1.81. The molecule has 0 radical (unpaired) electrons. The molecule has 1 N–H and O–H groups in total. The Morgan fingerprint density at radius 2 is 2.14 bits per heavy atom. The molecule has 1 saturated heterocycles. The molecule has 0 aromatic carbocycles. The first-order chi connectivity index (χ1) is 10.6. The van der Waals surface area contributed by atoms with E-state index in [9.17, 15) is 4.79 Å². The summed E-state index contributed by atoms with van der Waals surface area (Å²) in [4.78, 5) is 16.1. The molecule has 5 heteroatoms. The van der Waals surface area contributed by atoms with Gasteiger partial charge in [-0.1, -0.05) is 0 Å². The molecule has 3 rings (SSSR count). The predicted molar refractivity (Wildman–Crippen MR) is 88.3 cm³/mol. The molecule has 4 nitrogen and oxygen atoms in total. The number of nitrogens with zero attached hydrogens (tertiary/aromatic N) is 1. The number of hydrogen-bond donors (Lipinski definition) is 1. The Balaban J connectivity index is 1.49. The van der Waals surface area contributed by atoms with E-state index in [0.29, 0.717) is 11.3 Å². The van der Waals surface area contributed by atoms with E-state index in [-0.39, 0.29) is 11.9 Å². The molecule has 118 valence electrons. The first kappa shape index (κ1) is 15.3. The monoisotopic (exact) mass is 318 g/mol. The molecule has 22 heavy (non-hydrogen) atoms. The molecule has 0 saturated carbocycles. The molecule has 3 heterocycles. The van der Waals surface area contributed by atoms with Crippen molar-refractivity contribution in [3.8, 4) is 0 Å². The van der Waals surface area contributed by atoms with Crippen molar-refractivity contribution in [1.82, 2.24) is 10.2 Å². The van der Waals surface area contributed by atoms with E-state index in [0.717, 1.165) is 32.5 Å². The number of piperidine rings is 1. The van der Waals surface area contributed by atoms with Gasteiger partial charge in [-0.05, 0) is 49.8 Å². The maximum atomic E-state index is 12.2. The van der Waals surface area contributed by atoms with Crippen LogP contribution in [0.25, 0.3) is 0 Å². The number of carbonyl (C=O) groups is 1. The number of carbonyl (C=O) groups excluding carboxylic acids is 1. The predicted octanol–water partition coefficient (Wildman–Crippen LogP) is 3.35. The lowest BCUT2D eigenvalue weighted by molar-refractivity contribution is 0.0907. The molecule has 0 atom stereocenters. The lowest BCUT2D eigenvalue weighted by atomic mass is 10.0. The second kappa shape index (κ2) is 6.67. The van der Waals surface area contributed by atoms with E-state index in [4.69, 9.17) is 4.42 Å². The van der Waals surface area contributed by atoms with Gasteiger partial charge in [0.2, 0.25) is 0 Å². The average molecular weight is 318 g/mol. The van der Waals surface area contributed by atoms with Crippen molar-refractivity contribution in [2.45, 2.75) is 39.3 Å². The molecule has 0 bridgehead atoms. The Morgan fingerprint density at radius 3 is 2.73 bits per heavy atom. The summed E-state index contributed by atoms with van der Waals surface area (Å²) in [5.74, 6) is 0.668. The molecule has 1 amide bonds. The minimum Gasteiger partial charge on any atom is -0.469 e. The molecule has 0 unspecified atom stereocenters. The van der Waals surface area contributed by atoms with Crippen LogP contribution in [-0.2, 0) is 6.54 Å². The van der Waals surface area contributed by atoms with Gasteiger partial charge in [0.15, 0.2) is 0 Å². The minimum absolute atomic E-state index is 0.0154. The number of likely N-dealkylation sites (tertiary alicyclic amines) is 1. The topological polar surface area (TPSA) is 45.5 Å². The normalized spacial score (nSPS) is 16.8. The maximum absolute atomic E-state index is 12.2. The Morgan fingerprint density at radius 1 is 1.36 bits per heavy atom. The SMILES string of the molecule is Cc1occc1C(=O)NC1CCN(Cc2ccsc2C)CC1. The molecule has 1 fully saturated rings. The van der Waals surface area contributed by atoms with E-state index >= 15 is 0 Å². The molecular formula is C17H22N2O2S. The Labute approximate surface area is 135 Å². The summed E-state index contributed by atoms with van der Waals surface area (Å²) in [6, 6.07) is 4.22. The van der Waals surface area contributed by atoms with Crippen molar-refractivity contribution >= 4 is 17.2 Å². The zero-order valence-corrected chi connectivity index (χ0v) is 13.9. The highest BCUT2D eigenvalue weighted by atomic mass is 32.1. The standard InChI is InChI=1S/C17H22N2O2S/c1-12-16(5-9-21-12)17(20)18-15-3-7-19(8-4-15)11-14-6-10-22-13(14)2/h5-6,9-10,15H,3-4,7-8,11H2,1-2H3,(H,18,20). The van der Waals surface area contributed by atoms with Gasteiger partial charge in [0.1, 0.15) is 5.76 Å². The smallest absolute Gasteiger partial charge is 0.255 e. The quantitative estimate of drug-likeness (QED) is 0.940. The Hall–Kier alpha value is -1.59. The lowest BCUT2D eigenvalue weighted by Crippen LogP contribution is -2.44. The van der Waals surface area contributed by atoms with E-state index in [2.05, 4.69) is 28.6 Å². The summed E-state index contributed by atoms with van der Waals surface area (Å²) in [5, 5.41) is 5.29. The first-order valence-electron chi connectivity index (χ1n) is 7.74. The van der Waals surface area contributed by atoms with Gasteiger partial charge in [0.05, 0.1) is 11.8 Å². The summed E-state index contributed by atoms with van der Waals surface area (Å²) in [7, 11) is 0. The van der Waals surface area contributed by atoms with Crippen LogP contribution in [0.4, 0.5) is 0 Å². The number of amides is 1. The summed E-state index contributed by atoms with van der Waals surface area (Å²) in [6.07, 6.45) is 3.58. The largest absolute Gasteiger partial charge is 0.469 e. The van der Waals surface area contributed by atoms with Crippen LogP contribution >= 0.6 is 11.3 Å². The van der Waals surface area contributed by atoms with Gasteiger partial charge in [0, 0.05) is 30.6 Å². The van der Waals surface area contributed by atoms with Crippen molar-refractivity contribution in [1.29, 1.82) is 0 Å². The fraction of sp³-hybridized carbons (Fsp3) is 0.471. The molecule has 0 aliphatic carbocycles. The summed E-state index contributed by atoms with van der Waals surface area (Å²) in [5.41, 5.74) is 2.08. The van der Waals surface area contributed by atoms with Gasteiger partial charge >= 0.3 is 0 Å². The second-order valence-electron chi connectivity index (χ2n) is 5.92. The third-order valence-electron chi connectivity index (χ3n) is 4.39. The van der Waals surface area contributed by atoms with Crippen LogP contribution in [-0.4, -0.2) is 29.9 Å². The molecule has 2 aromatic heterocycles. The number of thiophene rings is 1. The van der Waals surface area contributed by atoms with E-state index in [1.165, 1.54) is 10.4 Å². The third-order valence-corrected chi connectivity index (χ3v) is 5.27. The highest BCUT2D eigenvalue weighted by Crippen LogP contribution is 2.20. The van der Waals surface area contributed by atoms with Crippen molar-refractivity contribution in [2.75, 3.05) is 13.1 Å². The lowest BCUT2D eigenvalue weighted by Gasteiger charge is -2.32. The average Bonchev–Trinajstić information content (AvgIpc) is 3.10. The third kappa shape index (κ3) is 3.42. The van der Waals surface area contributed by atoms with Crippen LogP contribution in [0.2, 0.25) is 0 Å². The van der Waals surface area contributed by atoms with Gasteiger partial charge in [-0.3, -0.25) is 9.69 Å². The fourth-order valence-electron chi connectivity index (χ4n) is 2.94. The Kier molecular flexibility index (Phi) is 4.64. The molecule has 0 spiro atoms. The van der Waals surface area contributed by atoms with E-state index in [1.807, 2.05) is 18.3 Å². The zero-order chi connectivity index (χ0) is 15.5. The van der Waals surface area contributed by atoms with Crippen molar-refractivity contribution in [2.24, 2.45) is 0 Å². The molecular weight excluding hydrogens is 296 g/mol. The number of hydrogen-bond acceptors (Lipinski definition) is 4. The van der Waals surface area contributed by atoms with Crippen LogP contribution in [0.5, 0.6) is 0 Å². The van der Waals surface area contributed by atoms with E-state index < -0.39 is 0 Å².